The summed E-state index contributed by atoms with van der Waals surface area (Å²) in [4.78, 5) is 4.44. The molecule has 0 radical (unpaired) electrons. The normalized spacial score (nSPS) is 10.6. The van der Waals surface area contributed by atoms with Gasteiger partial charge < -0.3 is 4.74 Å². The Bertz CT molecular complexity index is 479. The first-order valence-electron chi connectivity index (χ1n) is 5.77. The predicted octanol–water partition coefficient (Wildman–Crippen LogP) is 3.59. The van der Waals surface area contributed by atoms with Crippen molar-refractivity contribution >= 4 is 10.9 Å². The number of pyridine rings is 1. The fourth-order valence-electron chi connectivity index (χ4n) is 1.90. The van der Waals surface area contributed by atoms with Crippen molar-refractivity contribution in [1.82, 2.24) is 4.98 Å². The molecule has 1 heterocycles. The second-order valence-electron chi connectivity index (χ2n) is 3.94. The number of unbranched alkanes of at least 4 members (excludes halogenated alkanes) is 1. The van der Waals surface area contributed by atoms with E-state index in [0.29, 0.717) is 5.88 Å². The first-order valence-corrected chi connectivity index (χ1v) is 5.77. The van der Waals surface area contributed by atoms with Crippen LogP contribution in [0.2, 0.25) is 0 Å². The number of methoxy groups -OCH3 is 1. The summed E-state index contributed by atoms with van der Waals surface area (Å²) >= 11 is 0. The summed E-state index contributed by atoms with van der Waals surface area (Å²) in [6, 6.07) is 10.3. The maximum absolute atomic E-state index is 5.23. The summed E-state index contributed by atoms with van der Waals surface area (Å²) in [6.07, 6.45) is 3.51. The Morgan fingerprint density at radius 1 is 1.25 bits per heavy atom. The minimum atomic E-state index is 0.713. The lowest BCUT2D eigenvalue weighted by atomic mass is 10.0. The highest BCUT2D eigenvalue weighted by Gasteiger charge is 2.04. The Balaban J connectivity index is 2.50. The Morgan fingerprint density at radius 2 is 2.06 bits per heavy atom. The van der Waals surface area contributed by atoms with E-state index in [1.54, 1.807) is 7.11 Å². The van der Waals surface area contributed by atoms with Gasteiger partial charge in [0.2, 0.25) is 5.88 Å². The van der Waals surface area contributed by atoms with E-state index >= 15 is 0 Å². The zero-order valence-corrected chi connectivity index (χ0v) is 9.86. The molecular formula is C14H17NO. The van der Waals surface area contributed by atoms with Gasteiger partial charge in [0.25, 0.3) is 0 Å². The van der Waals surface area contributed by atoms with Gasteiger partial charge >= 0.3 is 0 Å². The van der Waals surface area contributed by atoms with Crippen LogP contribution in [0.4, 0.5) is 0 Å². The minimum Gasteiger partial charge on any atom is -0.481 e. The van der Waals surface area contributed by atoms with Crippen molar-refractivity contribution in [2.24, 2.45) is 0 Å². The van der Waals surface area contributed by atoms with E-state index in [1.165, 1.54) is 23.8 Å². The molecule has 1 aromatic heterocycles. The largest absolute Gasteiger partial charge is 0.481 e. The molecule has 0 saturated carbocycles. The van der Waals surface area contributed by atoms with Gasteiger partial charge in [-0.25, -0.2) is 4.98 Å². The van der Waals surface area contributed by atoms with Gasteiger partial charge in [0.15, 0.2) is 0 Å². The molecule has 0 fully saturated rings. The van der Waals surface area contributed by atoms with Crippen molar-refractivity contribution in [3.8, 4) is 5.88 Å². The number of hydrogen-bond acceptors (Lipinski definition) is 2. The van der Waals surface area contributed by atoms with Gasteiger partial charge in [-0.3, -0.25) is 0 Å². The van der Waals surface area contributed by atoms with E-state index in [4.69, 9.17) is 4.74 Å². The van der Waals surface area contributed by atoms with Crippen LogP contribution in [0.3, 0.4) is 0 Å². The van der Waals surface area contributed by atoms with Crippen LogP contribution in [-0.4, -0.2) is 12.1 Å². The minimum absolute atomic E-state index is 0.713. The Hall–Kier alpha value is -1.57. The van der Waals surface area contributed by atoms with Gasteiger partial charge in [0, 0.05) is 11.5 Å². The summed E-state index contributed by atoms with van der Waals surface area (Å²) in [5.74, 6) is 0.713. The molecule has 0 amide bonds. The summed E-state index contributed by atoms with van der Waals surface area (Å²) in [5, 5.41) is 1.25. The Morgan fingerprint density at radius 3 is 2.81 bits per heavy atom. The highest BCUT2D eigenvalue weighted by Crippen LogP contribution is 2.23. The van der Waals surface area contributed by atoms with Crippen LogP contribution in [0.15, 0.2) is 30.3 Å². The van der Waals surface area contributed by atoms with Gasteiger partial charge in [0.1, 0.15) is 0 Å². The average Bonchev–Trinajstić information content (AvgIpc) is 2.35. The molecule has 16 heavy (non-hydrogen) atoms. The number of benzene rings is 1. The van der Waals surface area contributed by atoms with Crippen LogP contribution in [0.5, 0.6) is 5.88 Å². The van der Waals surface area contributed by atoms with Gasteiger partial charge in [-0.1, -0.05) is 31.5 Å². The van der Waals surface area contributed by atoms with Crippen LogP contribution < -0.4 is 4.74 Å². The number of hydrogen-bond donors (Lipinski definition) is 0. The molecule has 2 aromatic rings. The van der Waals surface area contributed by atoms with Gasteiger partial charge in [-0.15, -0.1) is 0 Å². The maximum atomic E-state index is 5.23. The predicted molar refractivity (Wildman–Crippen MR) is 66.9 cm³/mol. The van der Waals surface area contributed by atoms with Gasteiger partial charge in [0.05, 0.1) is 12.6 Å². The van der Waals surface area contributed by atoms with E-state index in [1.807, 2.05) is 12.1 Å². The van der Waals surface area contributed by atoms with Gasteiger partial charge in [-0.05, 0) is 24.5 Å². The van der Waals surface area contributed by atoms with E-state index in [2.05, 4.69) is 30.1 Å². The summed E-state index contributed by atoms with van der Waals surface area (Å²) in [7, 11) is 1.67. The smallest absolute Gasteiger partial charge is 0.213 e. The second kappa shape index (κ2) is 4.97. The highest BCUT2D eigenvalue weighted by atomic mass is 16.5. The molecule has 0 aliphatic carbocycles. The van der Waals surface area contributed by atoms with Crippen molar-refractivity contribution in [2.45, 2.75) is 26.2 Å². The van der Waals surface area contributed by atoms with E-state index in [0.717, 1.165) is 11.9 Å². The van der Waals surface area contributed by atoms with Gasteiger partial charge in [-0.2, -0.15) is 0 Å². The molecule has 1 aromatic carbocycles. The molecule has 0 aliphatic rings. The molecule has 0 aliphatic heterocycles. The summed E-state index contributed by atoms with van der Waals surface area (Å²) < 4.78 is 5.23. The molecule has 0 bridgehead atoms. The number of para-hydroxylation sites is 1. The molecule has 84 valence electrons. The molecule has 0 atom stereocenters. The molecule has 2 heteroatoms. The van der Waals surface area contributed by atoms with Crippen LogP contribution in [-0.2, 0) is 6.42 Å². The molecule has 0 saturated heterocycles. The maximum Gasteiger partial charge on any atom is 0.213 e. The van der Waals surface area contributed by atoms with E-state index in [-0.39, 0.29) is 0 Å². The van der Waals surface area contributed by atoms with E-state index in [9.17, 15) is 0 Å². The topological polar surface area (TPSA) is 22.1 Å². The SMILES string of the molecule is CCCCc1cc(OC)nc2ccccc12. The number of nitrogens with zero attached hydrogens (tertiary/aromatic N) is 1. The number of rotatable bonds is 4. The molecule has 2 rings (SSSR count). The first-order chi connectivity index (χ1) is 7.85. The quantitative estimate of drug-likeness (QED) is 0.777. The van der Waals surface area contributed by atoms with Crippen molar-refractivity contribution in [3.63, 3.8) is 0 Å². The van der Waals surface area contributed by atoms with Crippen LogP contribution >= 0.6 is 0 Å². The van der Waals surface area contributed by atoms with Crippen LogP contribution in [0, 0.1) is 0 Å². The van der Waals surface area contributed by atoms with Crippen molar-refractivity contribution in [1.29, 1.82) is 0 Å². The van der Waals surface area contributed by atoms with Crippen LogP contribution in [0.1, 0.15) is 25.3 Å². The summed E-state index contributed by atoms with van der Waals surface area (Å²) in [6.45, 7) is 2.21. The average molecular weight is 215 g/mol. The number of ether oxygens (including phenoxy) is 1. The second-order valence-corrected chi connectivity index (χ2v) is 3.94. The third kappa shape index (κ3) is 2.16. The number of aryl methyl sites for hydroxylation is 1. The van der Waals surface area contributed by atoms with Crippen molar-refractivity contribution < 1.29 is 4.74 Å². The Kier molecular flexibility index (Phi) is 3.40. The molecule has 0 spiro atoms. The standard InChI is InChI=1S/C14H17NO/c1-3-4-7-11-10-14(16-2)15-13-9-6-5-8-12(11)13/h5-6,8-10H,3-4,7H2,1-2H3. The van der Waals surface area contributed by atoms with E-state index < -0.39 is 0 Å². The number of aromatic nitrogens is 1. The van der Waals surface area contributed by atoms with Crippen molar-refractivity contribution in [2.75, 3.05) is 7.11 Å². The third-order valence-corrected chi connectivity index (χ3v) is 2.79. The number of fused-ring (bicyclic) bond motifs is 1. The molecule has 0 N–H and O–H groups in total. The highest BCUT2D eigenvalue weighted by molar-refractivity contribution is 5.82. The van der Waals surface area contributed by atoms with Crippen LogP contribution in [0.25, 0.3) is 10.9 Å². The third-order valence-electron chi connectivity index (χ3n) is 2.79. The summed E-state index contributed by atoms with van der Waals surface area (Å²) in [5.41, 5.74) is 2.36. The Labute approximate surface area is 96.3 Å². The lowest BCUT2D eigenvalue weighted by molar-refractivity contribution is 0.399. The van der Waals surface area contributed by atoms with Crippen molar-refractivity contribution in [3.05, 3.63) is 35.9 Å². The zero-order valence-electron chi connectivity index (χ0n) is 9.86. The monoisotopic (exact) mass is 215 g/mol. The molecule has 2 nitrogen and oxygen atoms in total. The first kappa shape index (κ1) is 10.9. The fourth-order valence-corrected chi connectivity index (χ4v) is 1.90. The molecule has 0 unspecified atom stereocenters. The zero-order chi connectivity index (χ0) is 11.4. The lowest BCUT2D eigenvalue weighted by Crippen LogP contribution is -1.94. The lowest BCUT2D eigenvalue weighted by Gasteiger charge is -2.08. The molecular weight excluding hydrogens is 198 g/mol. The fraction of sp³-hybridized carbons (Fsp3) is 0.357.